The highest BCUT2D eigenvalue weighted by atomic mass is 16.2. The van der Waals surface area contributed by atoms with Gasteiger partial charge in [-0.05, 0) is 36.6 Å². The van der Waals surface area contributed by atoms with Gasteiger partial charge >= 0.3 is 0 Å². The van der Waals surface area contributed by atoms with Crippen LogP contribution >= 0.6 is 0 Å². The van der Waals surface area contributed by atoms with Gasteiger partial charge in [0.2, 0.25) is 0 Å². The Morgan fingerprint density at radius 2 is 1.85 bits per heavy atom. The Hall–Kier alpha value is -2.56. The van der Waals surface area contributed by atoms with Gasteiger partial charge in [-0.2, -0.15) is 0 Å². The number of rotatable bonds is 6. The molecule has 1 aliphatic rings. The molecule has 0 bridgehead atoms. The van der Waals surface area contributed by atoms with Gasteiger partial charge in [0.15, 0.2) is 0 Å². The average Bonchev–Trinajstić information content (AvgIpc) is 2.68. The van der Waals surface area contributed by atoms with Gasteiger partial charge in [0.05, 0.1) is 0 Å². The molecule has 1 aromatic heterocycles. The maximum Gasteiger partial charge on any atom is 0.272 e. The van der Waals surface area contributed by atoms with Crippen molar-refractivity contribution < 1.29 is 4.79 Å². The molecule has 0 atom stereocenters. The Balaban J connectivity index is 1.56. The number of benzene rings is 1. The molecule has 1 fully saturated rings. The fraction of sp³-hybridized carbons (Fsp3) is 0.429. The van der Waals surface area contributed by atoms with E-state index in [1.54, 1.807) is 6.20 Å². The number of pyridine rings is 1. The van der Waals surface area contributed by atoms with Crippen molar-refractivity contribution in [3.05, 3.63) is 54.4 Å². The minimum atomic E-state index is 0.0187. The zero-order chi connectivity index (χ0) is 18.4. The van der Waals surface area contributed by atoms with Crippen LogP contribution < -0.4 is 10.2 Å². The number of hydrogen-bond acceptors (Lipinski definition) is 4. The number of para-hydroxylation sites is 1. The number of nitrogens with zero attached hydrogens (tertiary/aromatic N) is 3. The summed E-state index contributed by atoms with van der Waals surface area (Å²) < 4.78 is 0. The summed E-state index contributed by atoms with van der Waals surface area (Å²) in [6.07, 6.45) is 2.82. The quantitative estimate of drug-likeness (QED) is 0.864. The second-order valence-electron chi connectivity index (χ2n) is 7.15. The molecule has 1 amide bonds. The summed E-state index contributed by atoms with van der Waals surface area (Å²) in [6.45, 7) is 8.46. The Labute approximate surface area is 156 Å². The fourth-order valence-corrected chi connectivity index (χ4v) is 3.13. The Kier molecular flexibility index (Phi) is 6.10. The molecule has 2 aromatic rings. The lowest BCUT2D eigenvalue weighted by molar-refractivity contribution is 0.0741. The first-order valence-corrected chi connectivity index (χ1v) is 9.42. The van der Waals surface area contributed by atoms with Gasteiger partial charge in [0.25, 0.3) is 5.91 Å². The first kappa shape index (κ1) is 18.2. The molecule has 1 N–H and O–H groups in total. The third-order valence-corrected chi connectivity index (χ3v) is 4.72. The Morgan fingerprint density at radius 3 is 2.54 bits per heavy atom. The summed E-state index contributed by atoms with van der Waals surface area (Å²) >= 11 is 0. The molecule has 0 spiro atoms. The molecule has 1 aromatic carbocycles. The molecular weight excluding hydrogens is 324 g/mol. The lowest BCUT2D eigenvalue weighted by Crippen LogP contribution is -2.49. The number of amides is 1. The van der Waals surface area contributed by atoms with E-state index in [1.807, 2.05) is 23.1 Å². The van der Waals surface area contributed by atoms with Gasteiger partial charge in [-0.25, -0.2) is 0 Å². The second-order valence-corrected chi connectivity index (χ2v) is 7.15. The lowest BCUT2D eigenvalue weighted by Gasteiger charge is -2.36. The van der Waals surface area contributed by atoms with Crippen LogP contribution in [0.3, 0.4) is 0 Å². The minimum Gasteiger partial charge on any atom is -0.385 e. The maximum absolute atomic E-state index is 12.8. The van der Waals surface area contributed by atoms with Gasteiger partial charge < -0.3 is 15.1 Å². The van der Waals surface area contributed by atoms with Crippen LogP contribution in [0.25, 0.3) is 0 Å². The van der Waals surface area contributed by atoms with E-state index in [9.17, 15) is 4.79 Å². The third kappa shape index (κ3) is 4.75. The van der Waals surface area contributed by atoms with Crippen molar-refractivity contribution in [2.24, 2.45) is 5.92 Å². The molecular formula is C21H28N4O. The zero-order valence-corrected chi connectivity index (χ0v) is 15.7. The Bertz CT molecular complexity index is 709. The highest BCUT2D eigenvalue weighted by Crippen LogP contribution is 2.17. The summed E-state index contributed by atoms with van der Waals surface area (Å²) in [5.74, 6) is 0.677. The second kappa shape index (κ2) is 8.70. The van der Waals surface area contributed by atoms with E-state index in [0.29, 0.717) is 11.6 Å². The molecule has 138 valence electrons. The molecule has 1 aliphatic heterocycles. The normalized spacial score (nSPS) is 14.6. The van der Waals surface area contributed by atoms with E-state index in [0.717, 1.165) is 44.8 Å². The summed E-state index contributed by atoms with van der Waals surface area (Å²) in [4.78, 5) is 21.3. The van der Waals surface area contributed by atoms with Gasteiger partial charge in [0, 0.05) is 50.3 Å². The number of piperazine rings is 1. The SMILES string of the molecule is CC(C)CCNc1ccnc(C(=O)N2CCN(c3ccccc3)CC2)c1. The topological polar surface area (TPSA) is 48.5 Å². The molecule has 26 heavy (non-hydrogen) atoms. The van der Waals surface area contributed by atoms with Gasteiger partial charge in [-0.15, -0.1) is 0 Å². The van der Waals surface area contributed by atoms with E-state index < -0.39 is 0 Å². The van der Waals surface area contributed by atoms with Crippen molar-refractivity contribution in [2.75, 3.05) is 42.9 Å². The summed E-state index contributed by atoms with van der Waals surface area (Å²) in [6, 6.07) is 14.1. The van der Waals surface area contributed by atoms with Crippen molar-refractivity contribution in [2.45, 2.75) is 20.3 Å². The van der Waals surface area contributed by atoms with Crippen LogP contribution in [0.4, 0.5) is 11.4 Å². The molecule has 0 radical (unpaired) electrons. The molecule has 0 saturated carbocycles. The van der Waals surface area contributed by atoms with Crippen molar-refractivity contribution in [1.29, 1.82) is 0 Å². The highest BCUT2D eigenvalue weighted by Gasteiger charge is 2.23. The molecule has 1 saturated heterocycles. The monoisotopic (exact) mass is 352 g/mol. The smallest absolute Gasteiger partial charge is 0.272 e. The van der Waals surface area contributed by atoms with Crippen LogP contribution in [-0.2, 0) is 0 Å². The first-order valence-electron chi connectivity index (χ1n) is 9.42. The van der Waals surface area contributed by atoms with Gasteiger partial charge in [0.1, 0.15) is 5.69 Å². The summed E-state index contributed by atoms with van der Waals surface area (Å²) in [5.41, 5.74) is 2.70. The Morgan fingerprint density at radius 1 is 1.12 bits per heavy atom. The lowest BCUT2D eigenvalue weighted by atomic mass is 10.1. The number of aromatic nitrogens is 1. The van der Waals surface area contributed by atoms with E-state index >= 15 is 0 Å². The predicted molar refractivity (Wildman–Crippen MR) is 107 cm³/mol. The molecule has 0 unspecified atom stereocenters. The van der Waals surface area contributed by atoms with E-state index in [4.69, 9.17) is 0 Å². The third-order valence-electron chi connectivity index (χ3n) is 4.72. The van der Waals surface area contributed by atoms with Crippen LogP contribution in [0.15, 0.2) is 48.7 Å². The largest absolute Gasteiger partial charge is 0.385 e. The fourth-order valence-electron chi connectivity index (χ4n) is 3.13. The summed E-state index contributed by atoms with van der Waals surface area (Å²) in [7, 11) is 0. The number of nitrogens with one attached hydrogen (secondary N) is 1. The van der Waals surface area contributed by atoms with Crippen LogP contribution in [0, 0.1) is 5.92 Å². The number of hydrogen-bond donors (Lipinski definition) is 1. The van der Waals surface area contributed by atoms with Crippen molar-refractivity contribution in [3.8, 4) is 0 Å². The van der Waals surface area contributed by atoms with Crippen molar-refractivity contribution >= 4 is 17.3 Å². The molecule has 0 aliphatic carbocycles. The molecule has 3 rings (SSSR count). The van der Waals surface area contributed by atoms with Crippen LogP contribution in [0.1, 0.15) is 30.8 Å². The minimum absolute atomic E-state index is 0.0187. The van der Waals surface area contributed by atoms with E-state index in [2.05, 4.69) is 53.3 Å². The number of carbonyl (C=O) groups is 1. The van der Waals surface area contributed by atoms with Crippen LogP contribution in [0.2, 0.25) is 0 Å². The van der Waals surface area contributed by atoms with Crippen molar-refractivity contribution in [3.63, 3.8) is 0 Å². The van der Waals surface area contributed by atoms with E-state index in [1.165, 1.54) is 5.69 Å². The molecule has 5 nitrogen and oxygen atoms in total. The average molecular weight is 352 g/mol. The highest BCUT2D eigenvalue weighted by molar-refractivity contribution is 5.93. The maximum atomic E-state index is 12.8. The zero-order valence-electron chi connectivity index (χ0n) is 15.7. The number of anilines is 2. The predicted octanol–water partition coefficient (Wildman–Crippen LogP) is 3.50. The van der Waals surface area contributed by atoms with Gasteiger partial charge in [-0.3, -0.25) is 9.78 Å². The van der Waals surface area contributed by atoms with E-state index in [-0.39, 0.29) is 5.91 Å². The molecule has 2 heterocycles. The first-order chi connectivity index (χ1) is 12.6. The van der Waals surface area contributed by atoms with Crippen LogP contribution in [-0.4, -0.2) is 48.5 Å². The number of carbonyl (C=O) groups excluding carboxylic acids is 1. The molecule has 5 heteroatoms. The standard InChI is InChI=1S/C21H28N4O/c1-17(2)8-10-22-18-9-11-23-20(16-18)21(26)25-14-12-24(13-15-25)19-6-4-3-5-7-19/h3-7,9,11,16-17H,8,10,12-15H2,1-2H3,(H,22,23). The summed E-state index contributed by atoms with van der Waals surface area (Å²) in [5, 5.41) is 3.38. The van der Waals surface area contributed by atoms with Crippen molar-refractivity contribution in [1.82, 2.24) is 9.88 Å². The van der Waals surface area contributed by atoms with Crippen LogP contribution in [0.5, 0.6) is 0 Å². The van der Waals surface area contributed by atoms with Gasteiger partial charge in [-0.1, -0.05) is 32.0 Å².